The van der Waals surface area contributed by atoms with Crippen molar-refractivity contribution >= 4 is 36.8 Å². The van der Waals surface area contributed by atoms with Gasteiger partial charge in [-0.2, -0.15) is 0 Å². The summed E-state index contributed by atoms with van der Waals surface area (Å²) in [6.45, 7) is 0.622. The number of carbonyl (C=O) groups excluding carboxylic acids is 2. The summed E-state index contributed by atoms with van der Waals surface area (Å²) < 4.78 is 0. The average Bonchev–Trinajstić information content (AvgIpc) is 1.97. The SMILES string of the molecule is Cl.Cl.NCC(=O)NCCNC(N)=O. The lowest BCUT2D eigenvalue weighted by atomic mass is 10.5. The topological polar surface area (TPSA) is 110 Å². The molecule has 0 aliphatic carbocycles. The van der Waals surface area contributed by atoms with E-state index in [1.807, 2.05) is 0 Å². The minimum Gasteiger partial charge on any atom is -0.353 e. The summed E-state index contributed by atoms with van der Waals surface area (Å²) >= 11 is 0. The van der Waals surface area contributed by atoms with Gasteiger partial charge in [0.1, 0.15) is 0 Å². The van der Waals surface area contributed by atoms with Gasteiger partial charge in [0.15, 0.2) is 0 Å². The van der Waals surface area contributed by atoms with Crippen LogP contribution in [-0.2, 0) is 4.79 Å². The van der Waals surface area contributed by atoms with E-state index in [1.54, 1.807) is 0 Å². The zero-order valence-electron chi connectivity index (χ0n) is 6.91. The van der Waals surface area contributed by atoms with Crippen molar-refractivity contribution in [3.05, 3.63) is 0 Å². The van der Waals surface area contributed by atoms with E-state index in [0.717, 1.165) is 0 Å². The van der Waals surface area contributed by atoms with Crippen molar-refractivity contribution in [1.29, 1.82) is 0 Å². The molecule has 3 amide bonds. The van der Waals surface area contributed by atoms with Crippen LogP contribution in [0.4, 0.5) is 4.79 Å². The Labute approximate surface area is 88.6 Å². The largest absolute Gasteiger partial charge is 0.353 e. The zero-order chi connectivity index (χ0) is 8.69. The van der Waals surface area contributed by atoms with E-state index >= 15 is 0 Å². The van der Waals surface area contributed by atoms with Crippen molar-refractivity contribution in [2.75, 3.05) is 19.6 Å². The summed E-state index contributed by atoms with van der Waals surface area (Å²) in [4.78, 5) is 20.6. The Kier molecular flexibility index (Phi) is 15.7. The summed E-state index contributed by atoms with van der Waals surface area (Å²) in [5, 5.41) is 4.76. The molecule has 6 N–H and O–H groups in total. The van der Waals surface area contributed by atoms with E-state index in [4.69, 9.17) is 11.5 Å². The summed E-state index contributed by atoms with van der Waals surface area (Å²) in [5.41, 5.74) is 9.74. The number of urea groups is 1. The molecule has 80 valence electrons. The first kappa shape index (κ1) is 18.1. The summed E-state index contributed by atoms with van der Waals surface area (Å²) in [6, 6.07) is -0.605. The molecule has 0 aliphatic heterocycles. The molecule has 0 aliphatic rings. The molecule has 13 heavy (non-hydrogen) atoms. The summed E-state index contributed by atoms with van der Waals surface area (Å²) in [5.74, 6) is -0.253. The molecule has 0 saturated heterocycles. The first-order chi connectivity index (χ1) is 5.16. The highest BCUT2D eigenvalue weighted by molar-refractivity contribution is 5.85. The van der Waals surface area contributed by atoms with Crippen molar-refractivity contribution in [1.82, 2.24) is 10.6 Å². The van der Waals surface area contributed by atoms with Crippen LogP contribution in [0.3, 0.4) is 0 Å². The Bertz CT molecular complexity index is 155. The third kappa shape index (κ3) is 14.2. The van der Waals surface area contributed by atoms with Crippen LogP contribution in [0, 0.1) is 0 Å². The molecular formula is C5H14Cl2N4O2. The maximum Gasteiger partial charge on any atom is 0.312 e. The van der Waals surface area contributed by atoms with E-state index in [1.165, 1.54) is 0 Å². The summed E-state index contributed by atoms with van der Waals surface area (Å²) in [7, 11) is 0. The molecule has 0 saturated carbocycles. The first-order valence-electron chi connectivity index (χ1n) is 3.17. The second-order valence-electron chi connectivity index (χ2n) is 1.85. The van der Waals surface area contributed by atoms with Gasteiger partial charge in [0, 0.05) is 13.1 Å². The third-order valence-electron chi connectivity index (χ3n) is 0.932. The number of primary amides is 1. The van der Waals surface area contributed by atoms with E-state index in [2.05, 4.69) is 10.6 Å². The Morgan fingerprint density at radius 3 is 1.92 bits per heavy atom. The fraction of sp³-hybridized carbons (Fsp3) is 0.600. The molecule has 0 spiro atoms. The molecule has 0 aromatic carbocycles. The van der Waals surface area contributed by atoms with Crippen LogP contribution < -0.4 is 22.1 Å². The van der Waals surface area contributed by atoms with Gasteiger partial charge in [-0.25, -0.2) is 4.79 Å². The van der Waals surface area contributed by atoms with Crippen LogP contribution in [-0.4, -0.2) is 31.6 Å². The van der Waals surface area contributed by atoms with Crippen LogP contribution >= 0.6 is 24.8 Å². The normalized spacial score (nSPS) is 7.46. The fourth-order valence-corrected chi connectivity index (χ4v) is 0.460. The van der Waals surface area contributed by atoms with E-state index in [0.29, 0.717) is 13.1 Å². The van der Waals surface area contributed by atoms with E-state index in [9.17, 15) is 9.59 Å². The molecule has 6 nitrogen and oxygen atoms in total. The summed E-state index contributed by atoms with van der Waals surface area (Å²) in [6.07, 6.45) is 0. The first-order valence-corrected chi connectivity index (χ1v) is 3.17. The fourth-order valence-electron chi connectivity index (χ4n) is 0.460. The van der Waals surface area contributed by atoms with Gasteiger partial charge in [-0.1, -0.05) is 0 Å². The molecule has 0 aromatic heterocycles. The van der Waals surface area contributed by atoms with Gasteiger partial charge in [-0.15, -0.1) is 24.8 Å². The average molecular weight is 233 g/mol. The quantitative estimate of drug-likeness (QED) is 0.447. The molecule has 0 unspecified atom stereocenters. The van der Waals surface area contributed by atoms with Gasteiger partial charge in [0.25, 0.3) is 0 Å². The Morgan fingerprint density at radius 1 is 1.08 bits per heavy atom. The maximum absolute atomic E-state index is 10.5. The standard InChI is InChI=1S/C5H12N4O2.2ClH/c6-3-4(10)8-1-2-9-5(7)11;;/h1-3,6H2,(H,8,10)(H3,7,9,11);2*1H. The van der Waals surface area contributed by atoms with E-state index < -0.39 is 6.03 Å². The van der Waals surface area contributed by atoms with Gasteiger partial charge in [0.2, 0.25) is 5.91 Å². The van der Waals surface area contributed by atoms with Gasteiger partial charge >= 0.3 is 6.03 Å². The molecule has 0 atom stereocenters. The lowest BCUT2D eigenvalue weighted by Crippen LogP contribution is -2.39. The minimum absolute atomic E-state index is 0. The number of amides is 3. The molecule has 0 aromatic rings. The number of halogens is 2. The molecule has 0 fully saturated rings. The molecule has 0 heterocycles. The number of rotatable bonds is 4. The van der Waals surface area contributed by atoms with Crippen LogP contribution in [0.1, 0.15) is 0 Å². The molecule has 0 bridgehead atoms. The second-order valence-corrected chi connectivity index (χ2v) is 1.85. The molecule has 0 radical (unpaired) electrons. The monoisotopic (exact) mass is 232 g/mol. The number of carbonyl (C=O) groups is 2. The smallest absolute Gasteiger partial charge is 0.312 e. The number of hydrogen-bond acceptors (Lipinski definition) is 3. The van der Waals surface area contributed by atoms with Gasteiger partial charge in [-0.05, 0) is 0 Å². The minimum atomic E-state index is -0.605. The zero-order valence-corrected chi connectivity index (χ0v) is 8.54. The maximum atomic E-state index is 10.5. The number of hydrogen-bond donors (Lipinski definition) is 4. The Balaban J connectivity index is -0.000000500. The Morgan fingerprint density at radius 2 is 1.54 bits per heavy atom. The third-order valence-corrected chi connectivity index (χ3v) is 0.932. The number of nitrogens with two attached hydrogens (primary N) is 2. The van der Waals surface area contributed by atoms with Crippen LogP contribution in [0.5, 0.6) is 0 Å². The predicted molar refractivity (Wildman–Crippen MR) is 54.1 cm³/mol. The van der Waals surface area contributed by atoms with Crippen LogP contribution in [0.2, 0.25) is 0 Å². The predicted octanol–water partition coefficient (Wildman–Crippen LogP) is -1.43. The highest BCUT2D eigenvalue weighted by Crippen LogP contribution is 1.60. The van der Waals surface area contributed by atoms with Crippen molar-refractivity contribution in [3.8, 4) is 0 Å². The molecule has 8 heteroatoms. The second kappa shape index (κ2) is 11.3. The van der Waals surface area contributed by atoms with Crippen LogP contribution in [0.15, 0.2) is 0 Å². The van der Waals surface area contributed by atoms with Gasteiger partial charge in [0.05, 0.1) is 6.54 Å². The van der Waals surface area contributed by atoms with Gasteiger partial charge in [-0.3, -0.25) is 4.79 Å². The number of nitrogens with one attached hydrogen (secondary N) is 2. The molecule has 0 rings (SSSR count). The van der Waals surface area contributed by atoms with Crippen molar-refractivity contribution in [3.63, 3.8) is 0 Å². The lowest BCUT2D eigenvalue weighted by Gasteiger charge is -2.02. The highest BCUT2D eigenvalue weighted by Gasteiger charge is 1.95. The van der Waals surface area contributed by atoms with Crippen molar-refractivity contribution in [2.45, 2.75) is 0 Å². The van der Waals surface area contributed by atoms with E-state index in [-0.39, 0.29) is 37.3 Å². The van der Waals surface area contributed by atoms with Crippen molar-refractivity contribution in [2.24, 2.45) is 11.5 Å². The highest BCUT2D eigenvalue weighted by atomic mass is 35.5. The van der Waals surface area contributed by atoms with Crippen molar-refractivity contribution < 1.29 is 9.59 Å². The lowest BCUT2D eigenvalue weighted by molar-refractivity contribution is -0.119. The van der Waals surface area contributed by atoms with Gasteiger partial charge < -0.3 is 22.1 Å². The Hall–Kier alpha value is -0.720. The molecular weight excluding hydrogens is 219 g/mol. The van der Waals surface area contributed by atoms with Crippen LogP contribution in [0.25, 0.3) is 0 Å².